The van der Waals surface area contributed by atoms with Crippen molar-refractivity contribution in [1.29, 1.82) is 0 Å². The van der Waals surface area contributed by atoms with E-state index in [9.17, 15) is 9.90 Å². The zero-order valence-corrected chi connectivity index (χ0v) is 18.7. The highest BCUT2D eigenvalue weighted by molar-refractivity contribution is 5.68. The molecule has 28 heavy (non-hydrogen) atoms. The minimum Gasteiger partial charge on any atom is -0.495 e. The van der Waals surface area contributed by atoms with Crippen LogP contribution in [0.25, 0.3) is 0 Å². The number of aliphatic hydroxyl groups is 1. The third-order valence-corrected chi connectivity index (χ3v) is 4.81. The van der Waals surface area contributed by atoms with Gasteiger partial charge in [-0.2, -0.15) is 0 Å². The average molecular weight is 395 g/mol. The predicted molar refractivity (Wildman–Crippen MR) is 114 cm³/mol. The van der Waals surface area contributed by atoms with Crippen LogP contribution in [-0.2, 0) is 10.3 Å². The first-order chi connectivity index (χ1) is 12.9. The summed E-state index contributed by atoms with van der Waals surface area (Å²) < 4.78 is 10.9. The number of hydrogen-bond acceptors (Lipinski definition) is 5. The molecule has 0 unspecified atom stereocenters. The predicted octanol–water partition coefficient (Wildman–Crippen LogP) is 4.81. The molecule has 1 amide bonds. The summed E-state index contributed by atoms with van der Waals surface area (Å²) in [5.74, 6) is 0.690. The second kappa shape index (κ2) is 9.50. The van der Waals surface area contributed by atoms with Crippen LogP contribution in [0.2, 0.25) is 0 Å². The first kappa shape index (κ1) is 24.1. The van der Waals surface area contributed by atoms with E-state index >= 15 is 0 Å². The largest absolute Gasteiger partial charge is 0.495 e. The lowest BCUT2D eigenvalue weighted by molar-refractivity contribution is 0.0289. The zero-order valence-electron chi connectivity index (χ0n) is 18.7. The molecule has 6 nitrogen and oxygen atoms in total. The Balaban J connectivity index is 2.88. The number of methoxy groups -OCH3 is 1. The van der Waals surface area contributed by atoms with Crippen molar-refractivity contribution in [3.63, 3.8) is 0 Å². The van der Waals surface area contributed by atoms with Crippen LogP contribution in [0.4, 0.5) is 10.5 Å². The number of rotatable bonds is 9. The van der Waals surface area contributed by atoms with Crippen LogP contribution >= 0.6 is 0 Å². The molecular formula is C22H38N2O4. The molecule has 0 radical (unpaired) electrons. The van der Waals surface area contributed by atoms with Crippen LogP contribution in [0.5, 0.6) is 5.75 Å². The van der Waals surface area contributed by atoms with Gasteiger partial charge in [0.05, 0.1) is 18.4 Å². The Morgan fingerprint density at radius 3 is 2.21 bits per heavy atom. The number of hydrogen-bond donors (Lipinski definition) is 3. The van der Waals surface area contributed by atoms with E-state index in [0.717, 1.165) is 11.3 Å². The van der Waals surface area contributed by atoms with E-state index in [1.165, 1.54) is 0 Å². The van der Waals surface area contributed by atoms with E-state index in [0.29, 0.717) is 31.6 Å². The summed E-state index contributed by atoms with van der Waals surface area (Å²) in [7, 11) is 1.62. The van der Waals surface area contributed by atoms with Crippen LogP contribution in [0.3, 0.4) is 0 Å². The molecule has 0 atom stereocenters. The number of anilines is 1. The third-order valence-electron chi connectivity index (χ3n) is 4.81. The van der Waals surface area contributed by atoms with E-state index in [2.05, 4.69) is 10.6 Å². The zero-order chi connectivity index (χ0) is 21.6. The first-order valence-electron chi connectivity index (χ1n) is 10.0. The van der Waals surface area contributed by atoms with Gasteiger partial charge in [0.1, 0.15) is 11.4 Å². The topological polar surface area (TPSA) is 79.8 Å². The number of para-hydroxylation sites is 1. The molecule has 160 valence electrons. The molecule has 1 aromatic carbocycles. The molecule has 1 aromatic rings. The summed E-state index contributed by atoms with van der Waals surface area (Å²) >= 11 is 0. The maximum atomic E-state index is 12.1. The van der Waals surface area contributed by atoms with Gasteiger partial charge in [-0.15, -0.1) is 0 Å². The number of benzene rings is 1. The molecule has 0 bridgehead atoms. The normalized spacial score (nSPS) is 12.5. The van der Waals surface area contributed by atoms with Gasteiger partial charge in [-0.05, 0) is 59.9 Å². The Morgan fingerprint density at radius 2 is 1.71 bits per heavy atom. The summed E-state index contributed by atoms with van der Waals surface area (Å²) in [6.07, 6.45) is 1.45. The summed E-state index contributed by atoms with van der Waals surface area (Å²) in [4.78, 5) is 12.1. The van der Waals surface area contributed by atoms with Crippen molar-refractivity contribution in [1.82, 2.24) is 5.32 Å². The average Bonchev–Trinajstić information content (AvgIpc) is 2.58. The van der Waals surface area contributed by atoms with Gasteiger partial charge < -0.3 is 25.2 Å². The second-order valence-corrected chi connectivity index (χ2v) is 8.81. The number of carbonyl (C=O) groups is 1. The molecular weight excluding hydrogens is 356 g/mol. The van der Waals surface area contributed by atoms with E-state index in [-0.39, 0.29) is 0 Å². The van der Waals surface area contributed by atoms with Crippen molar-refractivity contribution in [3.05, 3.63) is 23.8 Å². The Kier molecular flexibility index (Phi) is 8.17. The number of nitrogens with one attached hydrogen (secondary N) is 2. The molecule has 0 aliphatic heterocycles. The fourth-order valence-electron chi connectivity index (χ4n) is 3.04. The molecule has 0 aliphatic rings. The van der Waals surface area contributed by atoms with Gasteiger partial charge in [0.2, 0.25) is 0 Å². The van der Waals surface area contributed by atoms with Crippen LogP contribution in [0, 0.1) is 0 Å². The third kappa shape index (κ3) is 6.89. The molecule has 0 aliphatic carbocycles. The minimum absolute atomic E-state index is 0.429. The number of alkyl carbamates (subject to hydrolysis) is 1. The molecule has 3 N–H and O–H groups in total. The number of carbonyl (C=O) groups excluding carboxylic acids is 1. The smallest absolute Gasteiger partial charge is 0.408 e. The molecule has 0 saturated carbocycles. The Morgan fingerprint density at radius 1 is 1.11 bits per heavy atom. The van der Waals surface area contributed by atoms with Crippen molar-refractivity contribution in [2.75, 3.05) is 19.0 Å². The highest BCUT2D eigenvalue weighted by atomic mass is 16.6. The van der Waals surface area contributed by atoms with Gasteiger partial charge in [-0.25, -0.2) is 4.79 Å². The van der Waals surface area contributed by atoms with Crippen molar-refractivity contribution in [2.24, 2.45) is 0 Å². The van der Waals surface area contributed by atoms with E-state index in [4.69, 9.17) is 9.47 Å². The lowest BCUT2D eigenvalue weighted by Crippen LogP contribution is -2.46. The Hall–Kier alpha value is -1.95. The monoisotopic (exact) mass is 394 g/mol. The minimum atomic E-state index is -0.916. The van der Waals surface area contributed by atoms with Crippen LogP contribution in [0.1, 0.15) is 73.3 Å². The van der Waals surface area contributed by atoms with Crippen molar-refractivity contribution >= 4 is 11.8 Å². The highest BCUT2D eigenvalue weighted by Crippen LogP contribution is 2.39. The Labute approximate surface area is 170 Å². The van der Waals surface area contributed by atoms with Crippen LogP contribution < -0.4 is 15.4 Å². The molecule has 1 rings (SSSR count). The lowest BCUT2D eigenvalue weighted by atomic mass is 9.87. The summed E-state index contributed by atoms with van der Waals surface area (Å²) in [6.45, 7) is 14.0. The maximum Gasteiger partial charge on any atom is 0.408 e. The van der Waals surface area contributed by atoms with Crippen molar-refractivity contribution in [2.45, 2.75) is 84.5 Å². The molecule has 0 spiro atoms. The van der Waals surface area contributed by atoms with Gasteiger partial charge in [0.15, 0.2) is 0 Å². The van der Waals surface area contributed by atoms with Crippen LogP contribution in [0.15, 0.2) is 18.2 Å². The first-order valence-corrected chi connectivity index (χ1v) is 10.0. The summed E-state index contributed by atoms with van der Waals surface area (Å²) in [6, 6.07) is 5.70. The van der Waals surface area contributed by atoms with Gasteiger partial charge in [0.25, 0.3) is 0 Å². The number of amides is 1. The SMILES string of the molecule is CCC(O)(CC)c1cccc(OC)c1NCCC(C)(C)NC(=O)OC(C)(C)C. The Bertz CT molecular complexity index is 646. The van der Waals surface area contributed by atoms with Gasteiger partial charge in [0, 0.05) is 17.6 Å². The maximum absolute atomic E-state index is 12.1. The number of ether oxygens (including phenoxy) is 2. The molecule has 0 saturated heterocycles. The van der Waals surface area contributed by atoms with Crippen LogP contribution in [-0.4, -0.2) is 36.0 Å². The molecule has 0 fully saturated rings. The quantitative estimate of drug-likeness (QED) is 0.560. The summed E-state index contributed by atoms with van der Waals surface area (Å²) in [5, 5.41) is 17.3. The van der Waals surface area contributed by atoms with E-state index in [1.807, 2.05) is 66.7 Å². The lowest BCUT2D eigenvalue weighted by Gasteiger charge is -2.31. The van der Waals surface area contributed by atoms with E-state index < -0.39 is 22.8 Å². The van der Waals surface area contributed by atoms with Gasteiger partial charge in [-0.3, -0.25) is 0 Å². The van der Waals surface area contributed by atoms with Gasteiger partial charge >= 0.3 is 6.09 Å². The van der Waals surface area contributed by atoms with E-state index in [1.54, 1.807) is 7.11 Å². The van der Waals surface area contributed by atoms with Gasteiger partial charge in [-0.1, -0.05) is 26.0 Å². The van der Waals surface area contributed by atoms with Crippen molar-refractivity contribution < 1.29 is 19.4 Å². The molecule has 6 heteroatoms. The second-order valence-electron chi connectivity index (χ2n) is 8.81. The summed E-state index contributed by atoms with van der Waals surface area (Å²) in [5.41, 5.74) is -0.279. The van der Waals surface area contributed by atoms with Crippen molar-refractivity contribution in [3.8, 4) is 5.75 Å². The highest BCUT2D eigenvalue weighted by Gasteiger charge is 2.30. The molecule has 0 heterocycles. The fourth-order valence-corrected chi connectivity index (χ4v) is 3.04. The fraction of sp³-hybridized carbons (Fsp3) is 0.682. The standard InChI is InChI=1S/C22H38N2O4/c1-9-22(26,10-2)16-12-11-13-17(27-8)18(16)23-15-14-21(6,7)24-19(25)28-20(3,4)5/h11-13,23,26H,9-10,14-15H2,1-8H3,(H,24,25). The molecule has 0 aromatic heterocycles.